The van der Waals surface area contributed by atoms with E-state index < -0.39 is 5.79 Å². The molecule has 1 saturated heterocycles. The average molecular weight is 338 g/mol. The van der Waals surface area contributed by atoms with Gasteiger partial charge in [0.2, 0.25) is 0 Å². The van der Waals surface area contributed by atoms with Crippen LogP contribution in [-0.2, 0) is 9.47 Å². The molecular formula is C19H22N4O2. The topological polar surface area (TPSA) is 61.2 Å². The van der Waals surface area contributed by atoms with Crippen LogP contribution in [0.25, 0.3) is 11.0 Å². The van der Waals surface area contributed by atoms with Gasteiger partial charge in [-0.15, -0.1) is 5.10 Å². The third-order valence-corrected chi connectivity index (χ3v) is 4.36. The molecule has 1 unspecified atom stereocenters. The van der Waals surface area contributed by atoms with E-state index in [9.17, 15) is 0 Å². The molecule has 0 bridgehead atoms. The van der Waals surface area contributed by atoms with Crippen molar-refractivity contribution in [2.75, 3.05) is 11.9 Å². The number of aryl methyl sites for hydroxylation is 1. The van der Waals surface area contributed by atoms with Gasteiger partial charge in [-0.2, -0.15) is 0 Å². The molecule has 0 spiro atoms. The molecule has 1 aromatic heterocycles. The smallest absolute Gasteiger partial charge is 0.163 e. The Morgan fingerprint density at radius 1 is 1.20 bits per heavy atom. The number of fused-ring (bicyclic) bond motifs is 1. The van der Waals surface area contributed by atoms with Crippen LogP contribution in [0.15, 0.2) is 48.5 Å². The third kappa shape index (κ3) is 3.23. The lowest BCUT2D eigenvalue weighted by Gasteiger charge is -2.26. The summed E-state index contributed by atoms with van der Waals surface area (Å²) in [7, 11) is 0. The summed E-state index contributed by atoms with van der Waals surface area (Å²) in [5, 5.41) is 12.2. The molecule has 0 radical (unpaired) electrons. The van der Waals surface area contributed by atoms with E-state index in [0.717, 1.165) is 16.7 Å². The molecule has 2 aromatic carbocycles. The van der Waals surface area contributed by atoms with Crippen LogP contribution < -0.4 is 5.32 Å². The number of nitrogens with one attached hydrogen (secondary N) is 1. The number of nitrogens with zero attached hydrogens (tertiary/aromatic N) is 3. The van der Waals surface area contributed by atoms with Crippen molar-refractivity contribution in [1.29, 1.82) is 0 Å². The van der Waals surface area contributed by atoms with Crippen molar-refractivity contribution >= 4 is 16.7 Å². The van der Waals surface area contributed by atoms with Gasteiger partial charge >= 0.3 is 0 Å². The van der Waals surface area contributed by atoms with Crippen LogP contribution in [0.3, 0.4) is 0 Å². The molecule has 25 heavy (non-hydrogen) atoms. The number of anilines is 1. The molecule has 6 nitrogen and oxygen atoms in total. The monoisotopic (exact) mass is 338 g/mol. The van der Waals surface area contributed by atoms with E-state index in [4.69, 9.17) is 9.47 Å². The summed E-state index contributed by atoms with van der Waals surface area (Å²) in [6, 6.07) is 16.2. The maximum Gasteiger partial charge on any atom is 0.163 e. The Kier molecular flexibility index (Phi) is 3.94. The minimum absolute atomic E-state index is 0.180. The van der Waals surface area contributed by atoms with Crippen molar-refractivity contribution < 1.29 is 9.47 Å². The SMILES string of the molecule is Cc1cccc(NC([C@H]2COC(C)(C)O2)n2nnc3ccccc32)c1. The summed E-state index contributed by atoms with van der Waals surface area (Å²) < 4.78 is 13.8. The first-order valence-corrected chi connectivity index (χ1v) is 8.47. The van der Waals surface area contributed by atoms with Crippen molar-refractivity contribution in [3.8, 4) is 0 Å². The molecule has 0 aliphatic carbocycles. The van der Waals surface area contributed by atoms with E-state index in [1.807, 2.05) is 54.9 Å². The Labute approximate surface area is 146 Å². The molecule has 2 heterocycles. The normalized spacial score (nSPS) is 20.7. The van der Waals surface area contributed by atoms with Crippen LogP contribution in [0.4, 0.5) is 5.69 Å². The van der Waals surface area contributed by atoms with Crippen molar-refractivity contribution in [3.63, 3.8) is 0 Å². The van der Waals surface area contributed by atoms with Crippen molar-refractivity contribution in [3.05, 3.63) is 54.1 Å². The summed E-state index contributed by atoms with van der Waals surface area (Å²) in [4.78, 5) is 0. The largest absolute Gasteiger partial charge is 0.361 e. The lowest BCUT2D eigenvalue weighted by atomic mass is 10.2. The molecule has 6 heteroatoms. The second-order valence-electron chi connectivity index (χ2n) is 6.85. The quantitative estimate of drug-likeness (QED) is 0.789. The van der Waals surface area contributed by atoms with E-state index in [0.29, 0.717) is 6.61 Å². The Morgan fingerprint density at radius 2 is 2.04 bits per heavy atom. The molecule has 3 aromatic rings. The highest BCUT2D eigenvalue weighted by Gasteiger charge is 2.39. The summed E-state index contributed by atoms with van der Waals surface area (Å²) >= 11 is 0. The van der Waals surface area contributed by atoms with Crippen LogP contribution in [0, 0.1) is 6.92 Å². The fourth-order valence-electron chi connectivity index (χ4n) is 3.18. The fourth-order valence-corrected chi connectivity index (χ4v) is 3.18. The number of para-hydroxylation sites is 1. The Morgan fingerprint density at radius 3 is 2.80 bits per heavy atom. The molecule has 0 saturated carbocycles. The van der Waals surface area contributed by atoms with Crippen LogP contribution >= 0.6 is 0 Å². The first kappa shape index (κ1) is 16.1. The maximum absolute atomic E-state index is 6.11. The van der Waals surface area contributed by atoms with E-state index in [2.05, 4.69) is 34.7 Å². The maximum atomic E-state index is 6.11. The second-order valence-corrected chi connectivity index (χ2v) is 6.85. The molecule has 2 atom stereocenters. The Balaban J connectivity index is 1.73. The van der Waals surface area contributed by atoms with Crippen LogP contribution in [0.5, 0.6) is 0 Å². The highest BCUT2D eigenvalue weighted by Crippen LogP contribution is 2.31. The first-order valence-electron chi connectivity index (χ1n) is 8.47. The summed E-state index contributed by atoms with van der Waals surface area (Å²) in [5.74, 6) is -0.604. The molecule has 1 aliphatic heterocycles. The number of rotatable bonds is 4. The average Bonchev–Trinajstić information content (AvgIpc) is 3.16. The summed E-state index contributed by atoms with van der Waals surface area (Å²) in [6.07, 6.45) is -0.406. The first-order chi connectivity index (χ1) is 12.0. The zero-order chi connectivity index (χ0) is 17.4. The van der Waals surface area contributed by atoms with Crippen LogP contribution in [0.1, 0.15) is 25.6 Å². The lowest BCUT2D eigenvalue weighted by Crippen LogP contribution is -2.34. The molecule has 4 rings (SSSR count). The zero-order valence-corrected chi connectivity index (χ0v) is 14.6. The number of benzene rings is 2. The van der Waals surface area contributed by atoms with E-state index in [-0.39, 0.29) is 12.3 Å². The molecule has 1 fully saturated rings. The van der Waals surface area contributed by atoms with E-state index >= 15 is 0 Å². The standard InChI is InChI=1S/C19H22N4O2/c1-13-7-6-8-14(11-13)20-18(17-12-24-19(2,3)25-17)23-16-10-5-4-9-15(16)21-22-23/h4-11,17-18,20H,12H2,1-3H3/t17-,18?/m1/s1. The minimum atomic E-state index is -0.604. The minimum Gasteiger partial charge on any atom is -0.361 e. The predicted molar refractivity (Wildman–Crippen MR) is 96.3 cm³/mol. The van der Waals surface area contributed by atoms with Crippen molar-refractivity contribution in [2.24, 2.45) is 0 Å². The van der Waals surface area contributed by atoms with Crippen molar-refractivity contribution in [2.45, 2.75) is 38.8 Å². The fraction of sp³-hybridized carbons (Fsp3) is 0.368. The van der Waals surface area contributed by atoms with Crippen LogP contribution in [-0.4, -0.2) is 33.5 Å². The molecule has 1 aliphatic rings. The number of aromatic nitrogens is 3. The Hall–Kier alpha value is -2.44. The van der Waals surface area contributed by atoms with E-state index in [1.165, 1.54) is 5.56 Å². The lowest BCUT2D eigenvalue weighted by molar-refractivity contribution is -0.142. The van der Waals surface area contributed by atoms with Gasteiger partial charge in [0.15, 0.2) is 12.0 Å². The van der Waals surface area contributed by atoms with Gasteiger partial charge in [0.25, 0.3) is 0 Å². The van der Waals surface area contributed by atoms with Gasteiger partial charge in [0.1, 0.15) is 11.6 Å². The highest BCUT2D eigenvalue weighted by atomic mass is 16.7. The zero-order valence-electron chi connectivity index (χ0n) is 14.6. The molecule has 130 valence electrons. The van der Waals surface area contributed by atoms with Gasteiger partial charge in [-0.3, -0.25) is 0 Å². The molecule has 1 N–H and O–H groups in total. The number of hydrogen-bond donors (Lipinski definition) is 1. The third-order valence-electron chi connectivity index (χ3n) is 4.36. The summed E-state index contributed by atoms with van der Waals surface area (Å²) in [5.41, 5.74) is 4.02. The van der Waals surface area contributed by atoms with Gasteiger partial charge in [0, 0.05) is 5.69 Å². The second kappa shape index (κ2) is 6.13. The van der Waals surface area contributed by atoms with Gasteiger partial charge in [-0.05, 0) is 50.6 Å². The summed E-state index contributed by atoms with van der Waals surface area (Å²) in [6.45, 7) is 6.42. The van der Waals surface area contributed by atoms with E-state index in [1.54, 1.807) is 0 Å². The van der Waals surface area contributed by atoms with Gasteiger partial charge < -0.3 is 14.8 Å². The Bertz CT molecular complexity index is 890. The van der Waals surface area contributed by atoms with Gasteiger partial charge in [-0.25, -0.2) is 4.68 Å². The van der Waals surface area contributed by atoms with Gasteiger partial charge in [-0.1, -0.05) is 29.5 Å². The van der Waals surface area contributed by atoms with Crippen LogP contribution in [0.2, 0.25) is 0 Å². The molecular weight excluding hydrogens is 316 g/mol. The highest BCUT2D eigenvalue weighted by molar-refractivity contribution is 5.74. The molecule has 0 amide bonds. The predicted octanol–water partition coefficient (Wildman–Crippen LogP) is 3.50. The number of ether oxygens (including phenoxy) is 2. The van der Waals surface area contributed by atoms with Gasteiger partial charge in [0.05, 0.1) is 12.1 Å². The number of hydrogen-bond acceptors (Lipinski definition) is 5. The van der Waals surface area contributed by atoms with Crippen molar-refractivity contribution in [1.82, 2.24) is 15.0 Å².